The zero-order valence-electron chi connectivity index (χ0n) is 9.36. The predicted octanol–water partition coefficient (Wildman–Crippen LogP) is 2.42. The monoisotopic (exact) mass is 204 g/mol. The summed E-state index contributed by atoms with van der Waals surface area (Å²) in [5, 5.41) is 14.6. The average molecular weight is 204 g/mol. The summed E-state index contributed by atoms with van der Waals surface area (Å²) >= 11 is 0. The molecule has 0 saturated carbocycles. The van der Waals surface area contributed by atoms with Crippen molar-refractivity contribution < 1.29 is 5.11 Å². The molecule has 0 aliphatic heterocycles. The van der Waals surface area contributed by atoms with Crippen LogP contribution in [-0.2, 0) is 6.61 Å². The van der Waals surface area contributed by atoms with E-state index in [1.165, 1.54) is 11.1 Å². The van der Waals surface area contributed by atoms with E-state index >= 15 is 0 Å². The number of benzene rings is 1. The molecule has 0 aliphatic rings. The molecule has 0 spiro atoms. The van der Waals surface area contributed by atoms with Gasteiger partial charge in [-0.25, -0.2) is 0 Å². The fourth-order valence-corrected chi connectivity index (χ4v) is 1.96. The fourth-order valence-electron chi connectivity index (χ4n) is 1.96. The van der Waals surface area contributed by atoms with Gasteiger partial charge in [0.05, 0.1) is 18.3 Å². The first kappa shape index (κ1) is 10.2. The fraction of sp³-hybridized carbons (Fsp3) is 0.417. The highest BCUT2D eigenvalue weighted by molar-refractivity contribution is 5.82. The minimum absolute atomic E-state index is 0.0869. The van der Waals surface area contributed by atoms with E-state index < -0.39 is 0 Å². The summed E-state index contributed by atoms with van der Waals surface area (Å²) in [5.41, 5.74) is 3.29. The Balaban J connectivity index is 2.71. The second kappa shape index (κ2) is 3.66. The van der Waals surface area contributed by atoms with E-state index in [2.05, 4.69) is 25.9 Å². The van der Waals surface area contributed by atoms with Gasteiger partial charge in [-0.05, 0) is 38.0 Å². The summed E-state index contributed by atoms with van der Waals surface area (Å²) < 4.78 is 2.02. The van der Waals surface area contributed by atoms with Crippen LogP contribution >= 0.6 is 0 Å². The van der Waals surface area contributed by atoms with Gasteiger partial charge in [-0.1, -0.05) is 6.07 Å². The Kier molecular flexibility index (Phi) is 2.49. The molecule has 2 rings (SSSR count). The van der Waals surface area contributed by atoms with Crippen molar-refractivity contribution in [3.05, 3.63) is 29.5 Å². The van der Waals surface area contributed by atoms with Crippen molar-refractivity contribution in [2.75, 3.05) is 0 Å². The van der Waals surface area contributed by atoms with E-state index in [4.69, 9.17) is 5.11 Å². The summed E-state index contributed by atoms with van der Waals surface area (Å²) in [6, 6.07) is 4.37. The van der Waals surface area contributed by atoms with Gasteiger partial charge in [-0.3, -0.25) is 4.68 Å². The largest absolute Gasteiger partial charge is 0.392 e. The summed E-state index contributed by atoms with van der Waals surface area (Å²) in [6.45, 7) is 6.38. The molecule has 15 heavy (non-hydrogen) atoms. The maximum Gasteiger partial charge on any atom is 0.0714 e. The molecular weight excluding hydrogens is 188 g/mol. The van der Waals surface area contributed by atoms with E-state index in [1.807, 2.05) is 23.0 Å². The van der Waals surface area contributed by atoms with Crippen LogP contribution in [0.25, 0.3) is 10.9 Å². The maximum atomic E-state index is 9.11. The Morgan fingerprint density at radius 1 is 1.40 bits per heavy atom. The van der Waals surface area contributed by atoms with Gasteiger partial charge in [0, 0.05) is 11.4 Å². The van der Waals surface area contributed by atoms with Crippen LogP contribution in [0, 0.1) is 6.92 Å². The van der Waals surface area contributed by atoms with E-state index in [0.29, 0.717) is 6.04 Å². The lowest BCUT2D eigenvalue weighted by molar-refractivity contribution is 0.282. The van der Waals surface area contributed by atoms with Crippen molar-refractivity contribution in [3.8, 4) is 0 Å². The van der Waals surface area contributed by atoms with Crippen LogP contribution in [-0.4, -0.2) is 14.9 Å². The van der Waals surface area contributed by atoms with Crippen molar-refractivity contribution >= 4 is 10.9 Å². The molecule has 0 amide bonds. The second-order valence-electron chi connectivity index (χ2n) is 4.19. The summed E-state index contributed by atoms with van der Waals surface area (Å²) in [4.78, 5) is 0. The van der Waals surface area contributed by atoms with Crippen molar-refractivity contribution in [1.82, 2.24) is 9.78 Å². The van der Waals surface area contributed by atoms with Crippen LogP contribution in [0.2, 0.25) is 0 Å². The summed E-state index contributed by atoms with van der Waals surface area (Å²) in [5.74, 6) is 0. The van der Waals surface area contributed by atoms with Crippen LogP contribution in [0.5, 0.6) is 0 Å². The number of rotatable bonds is 2. The molecular formula is C12H16N2O. The van der Waals surface area contributed by atoms with E-state index in [0.717, 1.165) is 10.9 Å². The average Bonchev–Trinajstić information content (AvgIpc) is 2.61. The third kappa shape index (κ3) is 1.63. The van der Waals surface area contributed by atoms with Crippen LogP contribution in [0.15, 0.2) is 18.3 Å². The highest BCUT2D eigenvalue weighted by atomic mass is 16.3. The molecule has 0 radical (unpaired) electrons. The Morgan fingerprint density at radius 3 is 2.73 bits per heavy atom. The van der Waals surface area contributed by atoms with Gasteiger partial charge in [-0.15, -0.1) is 0 Å². The molecule has 0 atom stereocenters. The summed E-state index contributed by atoms with van der Waals surface area (Å²) in [7, 11) is 0. The van der Waals surface area contributed by atoms with Crippen LogP contribution in [0.3, 0.4) is 0 Å². The van der Waals surface area contributed by atoms with Crippen LogP contribution in [0.4, 0.5) is 0 Å². The third-order valence-electron chi connectivity index (χ3n) is 2.61. The lowest BCUT2D eigenvalue weighted by Crippen LogP contribution is -2.03. The number of aliphatic hydroxyl groups excluding tert-OH is 1. The number of hydrogen-bond donors (Lipinski definition) is 1. The number of nitrogens with zero attached hydrogens (tertiary/aromatic N) is 2. The van der Waals surface area contributed by atoms with Gasteiger partial charge in [0.2, 0.25) is 0 Å². The van der Waals surface area contributed by atoms with E-state index in [-0.39, 0.29) is 6.61 Å². The zero-order valence-corrected chi connectivity index (χ0v) is 9.36. The lowest BCUT2D eigenvalue weighted by atomic mass is 10.1. The minimum Gasteiger partial charge on any atom is -0.392 e. The number of fused-ring (bicyclic) bond motifs is 1. The smallest absolute Gasteiger partial charge is 0.0714 e. The first-order chi connectivity index (χ1) is 7.13. The SMILES string of the molecule is Cc1cc(CO)cc2cnn(C(C)C)c12. The minimum atomic E-state index is 0.0869. The Hall–Kier alpha value is -1.35. The molecule has 3 heteroatoms. The van der Waals surface area contributed by atoms with Crippen LogP contribution < -0.4 is 0 Å². The molecule has 1 aromatic carbocycles. The Morgan fingerprint density at radius 2 is 2.13 bits per heavy atom. The molecule has 80 valence electrons. The van der Waals surface area contributed by atoms with Crippen molar-refractivity contribution in [1.29, 1.82) is 0 Å². The molecule has 0 fully saturated rings. The molecule has 1 heterocycles. The van der Waals surface area contributed by atoms with Crippen molar-refractivity contribution in [3.63, 3.8) is 0 Å². The normalized spacial score (nSPS) is 11.5. The quantitative estimate of drug-likeness (QED) is 0.815. The van der Waals surface area contributed by atoms with Crippen molar-refractivity contribution in [2.24, 2.45) is 0 Å². The molecule has 3 nitrogen and oxygen atoms in total. The molecule has 1 N–H and O–H groups in total. The zero-order chi connectivity index (χ0) is 11.0. The number of aryl methyl sites for hydroxylation is 1. The van der Waals surface area contributed by atoms with Gasteiger partial charge >= 0.3 is 0 Å². The molecule has 0 aliphatic carbocycles. The Bertz CT molecular complexity index is 486. The highest BCUT2D eigenvalue weighted by Gasteiger charge is 2.09. The molecule has 0 unspecified atom stereocenters. The number of hydrogen-bond acceptors (Lipinski definition) is 2. The van der Waals surface area contributed by atoms with Gasteiger partial charge in [0.25, 0.3) is 0 Å². The lowest BCUT2D eigenvalue weighted by Gasteiger charge is -2.09. The topological polar surface area (TPSA) is 38.1 Å². The van der Waals surface area contributed by atoms with Crippen molar-refractivity contribution in [2.45, 2.75) is 33.4 Å². The van der Waals surface area contributed by atoms with E-state index in [9.17, 15) is 0 Å². The third-order valence-corrected chi connectivity index (χ3v) is 2.61. The van der Waals surface area contributed by atoms with Gasteiger partial charge in [0.15, 0.2) is 0 Å². The standard InChI is InChI=1S/C12H16N2O/c1-8(2)14-12-9(3)4-10(7-15)5-11(12)6-13-14/h4-6,8,15H,7H2,1-3H3. The van der Waals surface area contributed by atoms with Gasteiger partial charge < -0.3 is 5.11 Å². The highest BCUT2D eigenvalue weighted by Crippen LogP contribution is 2.23. The first-order valence-corrected chi connectivity index (χ1v) is 5.21. The second-order valence-corrected chi connectivity index (χ2v) is 4.19. The molecule has 2 aromatic rings. The predicted molar refractivity (Wildman–Crippen MR) is 60.8 cm³/mol. The number of aromatic nitrogens is 2. The van der Waals surface area contributed by atoms with E-state index in [1.54, 1.807) is 0 Å². The molecule has 0 saturated heterocycles. The number of aliphatic hydroxyl groups is 1. The maximum absolute atomic E-state index is 9.11. The Labute approximate surface area is 89.3 Å². The summed E-state index contributed by atoms with van der Waals surface area (Å²) in [6.07, 6.45) is 1.86. The molecule has 1 aromatic heterocycles. The first-order valence-electron chi connectivity index (χ1n) is 5.21. The van der Waals surface area contributed by atoms with Gasteiger partial charge in [0.1, 0.15) is 0 Å². The molecule has 0 bridgehead atoms. The van der Waals surface area contributed by atoms with Crippen LogP contribution in [0.1, 0.15) is 31.0 Å². The van der Waals surface area contributed by atoms with Gasteiger partial charge in [-0.2, -0.15) is 5.10 Å².